The van der Waals surface area contributed by atoms with Crippen molar-refractivity contribution in [3.63, 3.8) is 0 Å². The summed E-state index contributed by atoms with van der Waals surface area (Å²) in [4.78, 5) is 13.1. The predicted octanol–water partition coefficient (Wildman–Crippen LogP) is 1.14. The largest absolute Gasteiger partial charge is 0.481 e. The van der Waals surface area contributed by atoms with Crippen LogP contribution in [0.4, 0.5) is 0 Å². The third kappa shape index (κ3) is 3.69. The van der Waals surface area contributed by atoms with Crippen molar-refractivity contribution in [1.82, 2.24) is 4.90 Å². The Bertz CT molecular complexity index is 434. The number of hydrogen-bond acceptors (Lipinski definition) is 4. The van der Waals surface area contributed by atoms with Gasteiger partial charge in [0.25, 0.3) is 0 Å². The normalized spacial score (nSPS) is 35.3. The molecule has 1 aliphatic heterocycles. The SMILES string of the molecule is CCC1CCC(N2CCS(=O)(=O)CC2CC(=O)O)C1. The molecule has 6 heteroatoms. The fraction of sp³-hybridized carbons (Fsp3) is 0.923. The van der Waals surface area contributed by atoms with Gasteiger partial charge in [0.1, 0.15) is 0 Å². The minimum absolute atomic E-state index is 0.00654. The smallest absolute Gasteiger partial charge is 0.304 e. The Labute approximate surface area is 114 Å². The van der Waals surface area contributed by atoms with Crippen LogP contribution in [0.15, 0.2) is 0 Å². The van der Waals surface area contributed by atoms with E-state index in [-0.39, 0.29) is 24.0 Å². The molecule has 1 saturated heterocycles. The summed E-state index contributed by atoms with van der Waals surface area (Å²) in [6, 6.07) is 0.0432. The topological polar surface area (TPSA) is 74.7 Å². The second kappa shape index (κ2) is 5.79. The molecule has 110 valence electrons. The summed E-state index contributed by atoms with van der Waals surface area (Å²) in [5, 5.41) is 8.97. The fourth-order valence-corrected chi connectivity index (χ4v) is 5.03. The Morgan fingerprint density at radius 3 is 2.68 bits per heavy atom. The van der Waals surface area contributed by atoms with Crippen LogP contribution in [0.5, 0.6) is 0 Å². The van der Waals surface area contributed by atoms with Gasteiger partial charge >= 0.3 is 5.97 Å². The Balaban J connectivity index is 2.07. The van der Waals surface area contributed by atoms with Gasteiger partial charge in [-0.2, -0.15) is 0 Å². The Morgan fingerprint density at radius 2 is 2.11 bits per heavy atom. The third-order valence-corrected chi connectivity index (χ3v) is 6.24. The van der Waals surface area contributed by atoms with Gasteiger partial charge in [-0.05, 0) is 25.2 Å². The zero-order chi connectivity index (χ0) is 14.0. The molecule has 1 saturated carbocycles. The summed E-state index contributed by atoms with van der Waals surface area (Å²) in [6.07, 6.45) is 4.45. The Hall–Kier alpha value is -0.620. The number of hydrogen-bond donors (Lipinski definition) is 1. The summed E-state index contributed by atoms with van der Waals surface area (Å²) in [5.41, 5.74) is 0. The van der Waals surface area contributed by atoms with E-state index in [1.807, 2.05) is 0 Å². The van der Waals surface area contributed by atoms with Crippen molar-refractivity contribution >= 4 is 15.8 Å². The monoisotopic (exact) mass is 289 g/mol. The van der Waals surface area contributed by atoms with E-state index in [0.29, 0.717) is 18.5 Å². The molecular formula is C13H23NO4S. The molecule has 3 atom stereocenters. The fourth-order valence-electron chi connectivity index (χ4n) is 3.48. The van der Waals surface area contributed by atoms with Crippen molar-refractivity contribution < 1.29 is 18.3 Å². The van der Waals surface area contributed by atoms with Gasteiger partial charge in [-0.1, -0.05) is 13.3 Å². The van der Waals surface area contributed by atoms with Gasteiger partial charge in [0.2, 0.25) is 0 Å². The Kier molecular flexibility index (Phi) is 4.50. The lowest BCUT2D eigenvalue weighted by atomic mass is 10.0. The lowest BCUT2D eigenvalue weighted by Crippen LogP contribution is -2.53. The summed E-state index contributed by atoms with van der Waals surface area (Å²) in [6.45, 7) is 2.68. The van der Waals surface area contributed by atoms with E-state index in [9.17, 15) is 13.2 Å². The maximum atomic E-state index is 11.7. The lowest BCUT2D eigenvalue weighted by Gasteiger charge is -2.39. The summed E-state index contributed by atoms with van der Waals surface area (Å²) >= 11 is 0. The average Bonchev–Trinajstić information content (AvgIpc) is 2.75. The molecule has 2 rings (SSSR count). The molecule has 3 unspecified atom stereocenters. The van der Waals surface area contributed by atoms with Crippen molar-refractivity contribution in [2.75, 3.05) is 18.1 Å². The van der Waals surface area contributed by atoms with Gasteiger partial charge in [0, 0.05) is 18.6 Å². The minimum Gasteiger partial charge on any atom is -0.481 e. The van der Waals surface area contributed by atoms with Crippen molar-refractivity contribution in [3.05, 3.63) is 0 Å². The third-order valence-electron chi connectivity index (χ3n) is 4.55. The highest BCUT2D eigenvalue weighted by Gasteiger charge is 2.38. The van der Waals surface area contributed by atoms with Crippen LogP contribution in [0, 0.1) is 5.92 Å². The van der Waals surface area contributed by atoms with Crippen molar-refractivity contribution in [2.24, 2.45) is 5.92 Å². The number of aliphatic carboxylic acids is 1. The molecule has 1 aliphatic carbocycles. The van der Waals surface area contributed by atoms with Crippen LogP contribution in [0.3, 0.4) is 0 Å². The summed E-state index contributed by atoms with van der Waals surface area (Å²) < 4.78 is 23.4. The van der Waals surface area contributed by atoms with Crippen LogP contribution in [0.2, 0.25) is 0 Å². The van der Waals surface area contributed by atoms with Gasteiger partial charge in [0.15, 0.2) is 9.84 Å². The molecule has 1 N–H and O–H groups in total. The van der Waals surface area contributed by atoms with Crippen molar-refractivity contribution in [1.29, 1.82) is 0 Å². The molecule has 19 heavy (non-hydrogen) atoms. The summed E-state index contributed by atoms with van der Waals surface area (Å²) in [7, 11) is -3.06. The van der Waals surface area contributed by atoms with E-state index >= 15 is 0 Å². The van der Waals surface area contributed by atoms with E-state index in [1.54, 1.807) is 0 Å². The molecule has 0 aromatic heterocycles. The van der Waals surface area contributed by atoms with Crippen LogP contribution < -0.4 is 0 Å². The van der Waals surface area contributed by atoms with E-state index < -0.39 is 15.8 Å². The molecule has 0 spiro atoms. The number of nitrogens with zero attached hydrogens (tertiary/aromatic N) is 1. The molecule has 5 nitrogen and oxygen atoms in total. The van der Waals surface area contributed by atoms with Crippen LogP contribution >= 0.6 is 0 Å². The molecule has 2 fully saturated rings. The molecular weight excluding hydrogens is 266 g/mol. The van der Waals surface area contributed by atoms with E-state index in [0.717, 1.165) is 19.3 Å². The molecule has 0 amide bonds. The van der Waals surface area contributed by atoms with Gasteiger partial charge in [-0.25, -0.2) is 8.42 Å². The first kappa shape index (κ1) is 14.8. The average molecular weight is 289 g/mol. The first-order valence-corrected chi connectivity index (χ1v) is 8.91. The quantitative estimate of drug-likeness (QED) is 0.840. The first-order chi connectivity index (χ1) is 8.91. The van der Waals surface area contributed by atoms with E-state index in [1.165, 1.54) is 6.42 Å². The first-order valence-electron chi connectivity index (χ1n) is 7.09. The highest BCUT2D eigenvalue weighted by molar-refractivity contribution is 7.91. The lowest BCUT2D eigenvalue weighted by molar-refractivity contribution is -0.138. The number of carboxylic acid groups (broad SMARTS) is 1. The zero-order valence-electron chi connectivity index (χ0n) is 11.4. The molecule has 0 bridgehead atoms. The van der Waals surface area contributed by atoms with Crippen LogP contribution in [-0.2, 0) is 14.6 Å². The second-order valence-electron chi connectivity index (χ2n) is 5.85. The predicted molar refractivity (Wildman–Crippen MR) is 72.8 cm³/mol. The van der Waals surface area contributed by atoms with Crippen molar-refractivity contribution in [3.8, 4) is 0 Å². The van der Waals surface area contributed by atoms with Gasteiger partial charge in [-0.3, -0.25) is 9.69 Å². The summed E-state index contributed by atoms with van der Waals surface area (Å²) in [5.74, 6) is -0.00522. The molecule has 2 aliphatic rings. The van der Waals surface area contributed by atoms with Gasteiger partial charge < -0.3 is 5.11 Å². The maximum Gasteiger partial charge on any atom is 0.304 e. The van der Waals surface area contributed by atoms with E-state index in [4.69, 9.17) is 5.11 Å². The highest BCUT2D eigenvalue weighted by Crippen LogP contribution is 2.34. The molecule has 0 aromatic carbocycles. The Morgan fingerprint density at radius 1 is 1.37 bits per heavy atom. The highest BCUT2D eigenvalue weighted by atomic mass is 32.2. The van der Waals surface area contributed by atoms with Crippen LogP contribution in [0.1, 0.15) is 39.0 Å². The molecule has 1 heterocycles. The number of carbonyl (C=O) groups is 1. The second-order valence-corrected chi connectivity index (χ2v) is 8.07. The number of sulfone groups is 1. The number of carboxylic acids is 1. The van der Waals surface area contributed by atoms with E-state index in [2.05, 4.69) is 11.8 Å². The van der Waals surface area contributed by atoms with Gasteiger partial charge in [0.05, 0.1) is 17.9 Å². The zero-order valence-corrected chi connectivity index (χ0v) is 12.2. The number of rotatable bonds is 4. The molecule has 0 aromatic rings. The maximum absolute atomic E-state index is 11.7. The van der Waals surface area contributed by atoms with Gasteiger partial charge in [-0.15, -0.1) is 0 Å². The molecule has 0 radical (unpaired) electrons. The standard InChI is InChI=1S/C13H23NO4S/c1-2-10-3-4-11(7-10)14-5-6-19(17,18)9-12(14)8-13(15)16/h10-12H,2-9H2,1H3,(H,15,16). The minimum atomic E-state index is -3.06. The van der Waals surface area contributed by atoms with Crippen molar-refractivity contribution in [2.45, 2.75) is 51.1 Å². The van der Waals surface area contributed by atoms with Crippen LogP contribution in [0.25, 0.3) is 0 Å². The van der Waals surface area contributed by atoms with Crippen LogP contribution in [-0.4, -0.2) is 54.5 Å².